The number of nitrogens with zero attached hydrogens (tertiary/aromatic N) is 4. The zero-order valence-corrected chi connectivity index (χ0v) is 20.5. The number of rotatable bonds is 10. The predicted molar refractivity (Wildman–Crippen MR) is 139 cm³/mol. The van der Waals surface area contributed by atoms with Gasteiger partial charge in [0.2, 0.25) is 5.95 Å². The SMILES string of the molecule is CCn1c(=O)nc(Nc2ccc(Oc3ccnc(NCC(=O)O)c3)cc2)n(Cc2ccc(Cl)cc2)c1=O. The summed E-state index contributed by atoms with van der Waals surface area (Å²) in [6.45, 7) is 1.82. The highest BCUT2D eigenvalue weighted by atomic mass is 35.5. The fraction of sp³-hybridized carbons (Fsp3) is 0.160. The van der Waals surface area contributed by atoms with Gasteiger partial charge in [0.25, 0.3) is 0 Å². The van der Waals surface area contributed by atoms with Gasteiger partial charge in [0.1, 0.15) is 23.9 Å². The minimum absolute atomic E-state index is 0.103. The van der Waals surface area contributed by atoms with Gasteiger partial charge in [-0.1, -0.05) is 23.7 Å². The summed E-state index contributed by atoms with van der Waals surface area (Å²) < 4.78 is 8.27. The van der Waals surface area contributed by atoms with Gasteiger partial charge in [0, 0.05) is 29.5 Å². The zero-order valence-electron chi connectivity index (χ0n) is 19.7. The molecule has 0 aliphatic rings. The Morgan fingerprint density at radius 3 is 2.43 bits per heavy atom. The molecule has 0 atom stereocenters. The third kappa shape index (κ3) is 6.53. The van der Waals surface area contributed by atoms with Crippen molar-refractivity contribution < 1.29 is 14.6 Å². The number of carbonyl (C=O) groups is 1. The van der Waals surface area contributed by atoms with Gasteiger partial charge in [-0.3, -0.25) is 9.36 Å². The van der Waals surface area contributed by atoms with Gasteiger partial charge in [-0.05, 0) is 55.0 Å². The maximum atomic E-state index is 13.0. The molecule has 0 saturated carbocycles. The van der Waals surface area contributed by atoms with Crippen LogP contribution in [0.15, 0.2) is 76.4 Å². The summed E-state index contributed by atoms with van der Waals surface area (Å²) in [7, 11) is 0. The number of nitrogens with one attached hydrogen (secondary N) is 2. The van der Waals surface area contributed by atoms with Gasteiger partial charge < -0.3 is 20.5 Å². The van der Waals surface area contributed by atoms with Gasteiger partial charge in [0.05, 0.1) is 6.54 Å². The molecular formula is C25H23ClN6O5. The van der Waals surface area contributed by atoms with E-state index in [1.165, 1.54) is 10.8 Å². The first-order valence-electron chi connectivity index (χ1n) is 11.2. The van der Waals surface area contributed by atoms with Crippen molar-refractivity contribution in [1.29, 1.82) is 0 Å². The van der Waals surface area contributed by atoms with Crippen molar-refractivity contribution in [3.8, 4) is 11.5 Å². The first kappa shape index (κ1) is 25.5. The lowest BCUT2D eigenvalue weighted by Gasteiger charge is -2.15. The molecule has 0 spiro atoms. The summed E-state index contributed by atoms with van der Waals surface area (Å²) in [5.74, 6) is 0.437. The number of halogens is 1. The number of pyridine rings is 1. The largest absolute Gasteiger partial charge is 0.480 e. The van der Waals surface area contributed by atoms with Crippen LogP contribution in [0.3, 0.4) is 0 Å². The lowest BCUT2D eigenvalue weighted by atomic mass is 10.2. The lowest BCUT2D eigenvalue weighted by molar-refractivity contribution is -0.134. The van der Waals surface area contributed by atoms with E-state index in [-0.39, 0.29) is 25.6 Å². The van der Waals surface area contributed by atoms with Crippen molar-refractivity contribution in [2.45, 2.75) is 20.0 Å². The lowest BCUT2D eigenvalue weighted by Crippen LogP contribution is -2.42. The predicted octanol–water partition coefficient (Wildman–Crippen LogP) is 3.55. The Labute approximate surface area is 216 Å². The van der Waals surface area contributed by atoms with E-state index in [9.17, 15) is 14.4 Å². The van der Waals surface area contributed by atoms with Crippen molar-refractivity contribution in [1.82, 2.24) is 19.1 Å². The Hall–Kier alpha value is -4.64. The van der Waals surface area contributed by atoms with Crippen LogP contribution in [0.4, 0.5) is 17.5 Å². The first-order chi connectivity index (χ1) is 17.8. The van der Waals surface area contributed by atoms with Crippen molar-refractivity contribution in [3.05, 3.63) is 98.4 Å². The van der Waals surface area contributed by atoms with E-state index >= 15 is 0 Å². The van der Waals surface area contributed by atoms with E-state index in [1.807, 2.05) is 0 Å². The van der Waals surface area contributed by atoms with Crippen LogP contribution in [0.5, 0.6) is 11.5 Å². The van der Waals surface area contributed by atoms with E-state index < -0.39 is 17.3 Å². The minimum atomic E-state index is -1.00. The second kappa shape index (κ2) is 11.4. The molecule has 2 heterocycles. The number of carboxylic acid groups (broad SMARTS) is 1. The van der Waals surface area contributed by atoms with E-state index in [2.05, 4.69) is 20.6 Å². The molecule has 3 N–H and O–H groups in total. The van der Waals surface area contributed by atoms with Gasteiger partial charge in [0.15, 0.2) is 0 Å². The normalized spacial score (nSPS) is 10.6. The third-order valence-electron chi connectivity index (χ3n) is 5.22. The maximum absolute atomic E-state index is 13.0. The number of carboxylic acids is 1. The Morgan fingerprint density at radius 1 is 1.03 bits per heavy atom. The van der Waals surface area contributed by atoms with Crippen LogP contribution in [-0.4, -0.2) is 36.7 Å². The van der Waals surface area contributed by atoms with Crippen LogP contribution in [-0.2, 0) is 17.9 Å². The maximum Gasteiger partial charge on any atom is 0.354 e. The van der Waals surface area contributed by atoms with E-state index in [0.717, 1.165) is 10.1 Å². The monoisotopic (exact) mass is 522 g/mol. The molecule has 37 heavy (non-hydrogen) atoms. The number of hydrogen-bond donors (Lipinski definition) is 3. The standard InChI is InChI=1S/C25H23ClN6O5/c1-2-31-24(35)30-23(32(25(31)36)15-16-3-5-17(26)6-4-16)29-18-7-9-19(10-8-18)37-20-11-12-27-21(13-20)28-14-22(33)34/h3-13H,2,14-15H2,1H3,(H,27,28)(H,33,34)(H,29,30,35). The molecule has 4 aromatic rings. The highest BCUT2D eigenvalue weighted by molar-refractivity contribution is 6.30. The average molecular weight is 523 g/mol. The Morgan fingerprint density at radius 2 is 1.76 bits per heavy atom. The molecule has 0 amide bonds. The van der Waals surface area contributed by atoms with Crippen molar-refractivity contribution in [3.63, 3.8) is 0 Å². The smallest absolute Gasteiger partial charge is 0.354 e. The number of hydrogen-bond acceptors (Lipinski definition) is 8. The molecule has 0 aliphatic heterocycles. The zero-order chi connectivity index (χ0) is 26.4. The van der Waals surface area contributed by atoms with E-state index in [4.69, 9.17) is 21.4 Å². The van der Waals surface area contributed by atoms with Crippen LogP contribution < -0.4 is 26.7 Å². The second-order valence-electron chi connectivity index (χ2n) is 7.83. The van der Waals surface area contributed by atoms with Crippen LogP contribution in [0.2, 0.25) is 5.02 Å². The first-order valence-corrected chi connectivity index (χ1v) is 11.6. The minimum Gasteiger partial charge on any atom is -0.480 e. The van der Waals surface area contributed by atoms with Crippen molar-refractivity contribution in [2.24, 2.45) is 0 Å². The topological polar surface area (TPSA) is 140 Å². The molecule has 0 aliphatic carbocycles. The number of anilines is 3. The molecule has 190 valence electrons. The molecule has 11 nitrogen and oxygen atoms in total. The number of ether oxygens (including phenoxy) is 1. The van der Waals surface area contributed by atoms with Gasteiger partial charge in [-0.2, -0.15) is 4.98 Å². The molecule has 0 bridgehead atoms. The summed E-state index contributed by atoms with van der Waals surface area (Å²) in [6, 6.07) is 17.1. The summed E-state index contributed by atoms with van der Waals surface area (Å²) in [6.07, 6.45) is 1.50. The van der Waals surface area contributed by atoms with Crippen LogP contribution in [0.1, 0.15) is 12.5 Å². The third-order valence-corrected chi connectivity index (χ3v) is 5.47. The molecule has 4 rings (SSSR count). The molecule has 2 aromatic carbocycles. The highest BCUT2D eigenvalue weighted by Gasteiger charge is 2.13. The number of benzene rings is 2. The van der Waals surface area contributed by atoms with E-state index in [0.29, 0.717) is 28.0 Å². The van der Waals surface area contributed by atoms with E-state index in [1.54, 1.807) is 67.6 Å². The number of aliphatic carboxylic acids is 1. The second-order valence-corrected chi connectivity index (χ2v) is 8.27. The molecule has 0 radical (unpaired) electrons. The summed E-state index contributed by atoms with van der Waals surface area (Å²) >= 11 is 5.97. The van der Waals surface area contributed by atoms with Crippen LogP contribution in [0, 0.1) is 0 Å². The Kier molecular flexibility index (Phi) is 7.84. The molecule has 0 saturated heterocycles. The molecule has 0 unspecified atom stereocenters. The van der Waals surface area contributed by atoms with Crippen LogP contribution >= 0.6 is 11.6 Å². The molecule has 0 fully saturated rings. The fourth-order valence-electron chi connectivity index (χ4n) is 3.42. The fourth-order valence-corrected chi connectivity index (χ4v) is 3.55. The summed E-state index contributed by atoms with van der Waals surface area (Å²) in [4.78, 5) is 44.3. The molecule has 2 aromatic heterocycles. The summed E-state index contributed by atoms with van der Waals surface area (Å²) in [5, 5.41) is 15.1. The van der Waals surface area contributed by atoms with Gasteiger partial charge in [-0.15, -0.1) is 0 Å². The average Bonchev–Trinajstić information content (AvgIpc) is 2.88. The van der Waals surface area contributed by atoms with Gasteiger partial charge >= 0.3 is 17.3 Å². The number of aromatic nitrogens is 4. The summed E-state index contributed by atoms with van der Waals surface area (Å²) in [5.41, 5.74) is 0.268. The van der Waals surface area contributed by atoms with Crippen molar-refractivity contribution >= 4 is 35.0 Å². The molecule has 12 heteroatoms. The quantitative estimate of drug-likeness (QED) is 0.285. The molecular weight excluding hydrogens is 500 g/mol. The van der Waals surface area contributed by atoms with Crippen molar-refractivity contribution in [2.75, 3.05) is 17.2 Å². The van der Waals surface area contributed by atoms with Crippen LogP contribution in [0.25, 0.3) is 0 Å². The Bertz CT molecular complexity index is 1520. The van der Waals surface area contributed by atoms with Gasteiger partial charge in [-0.25, -0.2) is 19.1 Å². The Balaban J connectivity index is 1.54. The highest BCUT2D eigenvalue weighted by Crippen LogP contribution is 2.25.